The summed E-state index contributed by atoms with van der Waals surface area (Å²) in [4.78, 5) is 4.52. The molecule has 0 fully saturated rings. The topological polar surface area (TPSA) is 50.9 Å². The number of nitrogens with one attached hydrogen (secondary N) is 1. The van der Waals surface area contributed by atoms with E-state index in [4.69, 9.17) is 18.0 Å². The van der Waals surface area contributed by atoms with Gasteiger partial charge in [0.15, 0.2) is 0 Å². The summed E-state index contributed by atoms with van der Waals surface area (Å²) in [5.74, 6) is 0. The fourth-order valence-corrected chi connectivity index (χ4v) is 2.36. The standard InChI is InChI=1S/C16H13N3S/c17-16(20)13-5-1-2-6-15(13)19-14-7-3-4-11-10-18-9-8-12(11)14/h1-10,19H,(H2,17,20). The Balaban J connectivity index is 2.08. The molecule has 3 aromatic rings. The highest BCUT2D eigenvalue weighted by Crippen LogP contribution is 2.27. The number of pyridine rings is 1. The Morgan fingerprint density at radius 2 is 1.80 bits per heavy atom. The molecule has 0 unspecified atom stereocenters. The Hall–Kier alpha value is -2.46. The van der Waals surface area contributed by atoms with Crippen LogP contribution in [0.4, 0.5) is 11.4 Å². The van der Waals surface area contributed by atoms with Crippen LogP contribution in [0.15, 0.2) is 60.9 Å². The minimum Gasteiger partial charge on any atom is -0.389 e. The van der Waals surface area contributed by atoms with Crippen LogP contribution in [0.1, 0.15) is 5.56 Å². The van der Waals surface area contributed by atoms with Gasteiger partial charge in [0.25, 0.3) is 0 Å². The zero-order valence-electron chi connectivity index (χ0n) is 10.7. The van der Waals surface area contributed by atoms with E-state index in [-0.39, 0.29) is 0 Å². The molecule has 0 saturated carbocycles. The van der Waals surface area contributed by atoms with Crippen molar-refractivity contribution in [3.63, 3.8) is 0 Å². The molecule has 3 nitrogen and oxygen atoms in total. The van der Waals surface area contributed by atoms with Crippen molar-refractivity contribution in [2.75, 3.05) is 5.32 Å². The van der Waals surface area contributed by atoms with E-state index >= 15 is 0 Å². The van der Waals surface area contributed by atoms with Crippen molar-refractivity contribution in [3.05, 3.63) is 66.5 Å². The minimum atomic E-state index is 0.384. The van der Waals surface area contributed by atoms with Gasteiger partial charge in [-0.3, -0.25) is 4.98 Å². The molecular formula is C16H13N3S. The van der Waals surface area contributed by atoms with Crippen molar-refractivity contribution in [2.24, 2.45) is 5.73 Å². The largest absolute Gasteiger partial charge is 0.389 e. The molecule has 0 amide bonds. The third-order valence-electron chi connectivity index (χ3n) is 3.14. The van der Waals surface area contributed by atoms with E-state index in [1.807, 2.05) is 54.7 Å². The maximum atomic E-state index is 5.76. The monoisotopic (exact) mass is 279 g/mol. The van der Waals surface area contributed by atoms with Crippen molar-refractivity contribution in [1.82, 2.24) is 4.98 Å². The van der Waals surface area contributed by atoms with E-state index in [1.54, 1.807) is 6.20 Å². The van der Waals surface area contributed by atoms with Gasteiger partial charge < -0.3 is 11.1 Å². The number of fused-ring (bicyclic) bond motifs is 1. The molecule has 0 atom stereocenters. The summed E-state index contributed by atoms with van der Waals surface area (Å²) in [7, 11) is 0. The second-order valence-electron chi connectivity index (χ2n) is 4.44. The predicted molar refractivity (Wildman–Crippen MR) is 87.4 cm³/mol. The Kier molecular flexibility index (Phi) is 3.31. The number of nitrogens with zero attached hydrogens (tertiary/aromatic N) is 1. The van der Waals surface area contributed by atoms with Gasteiger partial charge >= 0.3 is 0 Å². The molecule has 0 radical (unpaired) electrons. The van der Waals surface area contributed by atoms with Crippen LogP contribution >= 0.6 is 12.2 Å². The number of para-hydroxylation sites is 1. The molecule has 0 aliphatic carbocycles. The Morgan fingerprint density at radius 1 is 1.00 bits per heavy atom. The summed E-state index contributed by atoms with van der Waals surface area (Å²) in [6.07, 6.45) is 3.63. The van der Waals surface area contributed by atoms with Gasteiger partial charge in [-0.05, 0) is 24.3 Å². The summed E-state index contributed by atoms with van der Waals surface area (Å²) in [5.41, 5.74) is 8.52. The molecular weight excluding hydrogens is 266 g/mol. The van der Waals surface area contributed by atoms with Crippen molar-refractivity contribution in [3.8, 4) is 0 Å². The van der Waals surface area contributed by atoms with E-state index in [1.165, 1.54) is 0 Å². The second kappa shape index (κ2) is 5.27. The van der Waals surface area contributed by atoms with Gasteiger partial charge in [-0.15, -0.1) is 0 Å². The SMILES string of the molecule is NC(=S)c1ccccc1Nc1cccc2cnccc12. The summed E-state index contributed by atoms with van der Waals surface area (Å²) in [6, 6.07) is 15.8. The fourth-order valence-electron chi connectivity index (χ4n) is 2.18. The first-order valence-corrected chi connectivity index (χ1v) is 6.65. The van der Waals surface area contributed by atoms with E-state index in [2.05, 4.69) is 10.3 Å². The lowest BCUT2D eigenvalue weighted by Gasteiger charge is -2.13. The van der Waals surface area contributed by atoms with Crippen molar-refractivity contribution in [1.29, 1.82) is 0 Å². The number of hydrogen-bond donors (Lipinski definition) is 2. The first-order chi connectivity index (χ1) is 9.75. The lowest BCUT2D eigenvalue weighted by atomic mass is 10.1. The number of benzene rings is 2. The predicted octanol–water partition coefficient (Wildman–Crippen LogP) is 3.61. The lowest BCUT2D eigenvalue weighted by Crippen LogP contribution is -2.11. The van der Waals surface area contributed by atoms with Crippen molar-refractivity contribution < 1.29 is 0 Å². The van der Waals surface area contributed by atoms with E-state index < -0.39 is 0 Å². The second-order valence-corrected chi connectivity index (χ2v) is 4.88. The summed E-state index contributed by atoms with van der Waals surface area (Å²) in [5, 5.41) is 5.60. The average molecular weight is 279 g/mol. The van der Waals surface area contributed by atoms with Crippen molar-refractivity contribution in [2.45, 2.75) is 0 Å². The number of thiocarbonyl (C=S) groups is 1. The minimum absolute atomic E-state index is 0.384. The van der Waals surface area contributed by atoms with Gasteiger partial charge in [0.2, 0.25) is 0 Å². The van der Waals surface area contributed by atoms with Crippen LogP contribution < -0.4 is 11.1 Å². The zero-order valence-corrected chi connectivity index (χ0v) is 11.5. The van der Waals surface area contributed by atoms with Crippen LogP contribution in [0.3, 0.4) is 0 Å². The molecule has 20 heavy (non-hydrogen) atoms. The van der Waals surface area contributed by atoms with E-state index in [9.17, 15) is 0 Å². The van der Waals surface area contributed by atoms with Crippen LogP contribution in [0.25, 0.3) is 10.8 Å². The molecule has 1 heterocycles. The van der Waals surface area contributed by atoms with Crippen molar-refractivity contribution >= 4 is 39.4 Å². The highest BCUT2D eigenvalue weighted by atomic mass is 32.1. The Bertz CT molecular complexity index is 778. The molecule has 0 aliphatic rings. The fraction of sp³-hybridized carbons (Fsp3) is 0. The smallest absolute Gasteiger partial charge is 0.106 e. The van der Waals surface area contributed by atoms with Crippen LogP contribution in [-0.2, 0) is 0 Å². The number of anilines is 2. The number of hydrogen-bond acceptors (Lipinski definition) is 3. The van der Waals surface area contributed by atoms with Gasteiger partial charge in [-0.1, -0.05) is 36.5 Å². The molecule has 0 aliphatic heterocycles. The lowest BCUT2D eigenvalue weighted by molar-refractivity contribution is 1.36. The first kappa shape index (κ1) is 12.6. The van der Waals surface area contributed by atoms with Crippen LogP contribution in [0, 0.1) is 0 Å². The van der Waals surface area contributed by atoms with Gasteiger partial charge in [0, 0.05) is 40.1 Å². The number of rotatable bonds is 3. The Morgan fingerprint density at radius 3 is 2.65 bits per heavy atom. The molecule has 4 heteroatoms. The van der Waals surface area contributed by atoms with E-state index in [0.29, 0.717) is 4.99 Å². The summed E-state index contributed by atoms with van der Waals surface area (Å²) in [6.45, 7) is 0. The van der Waals surface area contributed by atoms with Crippen LogP contribution in [-0.4, -0.2) is 9.97 Å². The maximum Gasteiger partial charge on any atom is 0.106 e. The quantitative estimate of drug-likeness (QED) is 0.719. The molecule has 0 spiro atoms. The number of aromatic nitrogens is 1. The highest BCUT2D eigenvalue weighted by molar-refractivity contribution is 7.80. The molecule has 2 aromatic carbocycles. The first-order valence-electron chi connectivity index (χ1n) is 6.24. The van der Waals surface area contributed by atoms with Gasteiger partial charge in [0.1, 0.15) is 4.99 Å². The summed E-state index contributed by atoms with van der Waals surface area (Å²) < 4.78 is 0. The third-order valence-corrected chi connectivity index (χ3v) is 3.36. The normalized spacial score (nSPS) is 10.4. The van der Waals surface area contributed by atoms with Gasteiger partial charge in [0.05, 0.1) is 0 Å². The molecule has 0 bridgehead atoms. The number of nitrogens with two attached hydrogens (primary N) is 1. The van der Waals surface area contributed by atoms with Gasteiger partial charge in [-0.2, -0.15) is 0 Å². The molecule has 1 aromatic heterocycles. The molecule has 0 saturated heterocycles. The highest BCUT2D eigenvalue weighted by Gasteiger charge is 2.06. The van der Waals surface area contributed by atoms with E-state index in [0.717, 1.165) is 27.7 Å². The van der Waals surface area contributed by atoms with Gasteiger partial charge in [-0.25, -0.2) is 0 Å². The zero-order chi connectivity index (χ0) is 13.9. The average Bonchev–Trinajstić information content (AvgIpc) is 2.48. The van der Waals surface area contributed by atoms with Crippen LogP contribution in [0.5, 0.6) is 0 Å². The molecule has 3 rings (SSSR count). The van der Waals surface area contributed by atoms with Crippen LogP contribution in [0.2, 0.25) is 0 Å². The third kappa shape index (κ3) is 2.33. The summed E-state index contributed by atoms with van der Waals surface area (Å²) >= 11 is 5.09. The molecule has 98 valence electrons. The molecule has 3 N–H and O–H groups in total. The maximum absolute atomic E-state index is 5.76. The Labute approximate surface area is 122 Å².